The number of fused-ring (bicyclic) bond motifs is 1. The van der Waals surface area contributed by atoms with Gasteiger partial charge in [-0.15, -0.1) is 0 Å². The van der Waals surface area contributed by atoms with Gasteiger partial charge in [0, 0.05) is 12.6 Å². The minimum absolute atomic E-state index is 0.149. The summed E-state index contributed by atoms with van der Waals surface area (Å²) in [4.78, 5) is 19.4. The number of H-pyrrole nitrogens is 1. The quantitative estimate of drug-likeness (QED) is 0.880. The van der Waals surface area contributed by atoms with Crippen LogP contribution in [-0.4, -0.2) is 53.3 Å². The lowest BCUT2D eigenvalue weighted by Gasteiger charge is -2.19. The van der Waals surface area contributed by atoms with Gasteiger partial charge in [-0.25, -0.2) is 13.8 Å². The Morgan fingerprint density at radius 2 is 2.29 bits per heavy atom. The summed E-state index contributed by atoms with van der Waals surface area (Å²) in [6, 6.07) is 3.17. The molecule has 0 aliphatic carbocycles. The molecule has 2 aromatic rings. The molecule has 1 saturated heterocycles. The Morgan fingerprint density at radius 3 is 2.90 bits per heavy atom. The van der Waals surface area contributed by atoms with Gasteiger partial charge in [-0.3, -0.25) is 9.69 Å². The molecule has 5 nitrogen and oxygen atoms in total. The predicted molar refractivity (Wildman–Crippen MR) is 73.1 cm³/mol. The van der Waals surface area contributed by atoms with Crippen molar-refractivity contribution in [2.24, 2.45) is 0 Å². The number of aldehydes is 1. The molecule has 1 fully saturated rings. The van der Waals surface area contributed by atoms with E-state index in [0.29, 0.717) is 23.0 Å². The van der Waals surface area contributed by atoms with Gasteiger partial charge in [0.1, 0.15) is 0 Å². The van der Waals surface area contributed by atoms with E-state index in [1.54, 1.807) is 26.1 Å². The lowest BCUT2D eigenvalue weighted by Crippen LogP contribution is -2.36. The first-order chi connectivity index (χ1) is 9.89. The summed E-state index contributed by atoms with van der Waals surface area (Å²) in [5, 5.41) is 0. The summed E-state index contributed by atoms with van der Waals surface area (Å²) in [5.74, 6) is -2.75. The molecular weight excluding hydrogens is 280 g/mol. The van der Waals surface area contributed by atoms with Crippen LogP contribution >= 0.6 is 0 Å². The summed E-state index contributed by atoms with van der Waals surface area (Å²) < 4.78 is 32.9. The van der Waals surface area contributed by atoms with Crippen LogP contribution in [0.25, 0.3) is 11.0 Å². The zero-order valence-corrected chi connectivity index (χ0v) is 11.7. The number of aryl methyl sites for hydroxylation is 1. The molecule has 3 heterocycles. The maximum absolute atomic E-state index is 13.8. The maximum atomic E-state index is 13.8. The first kappa shape index (κ1) is 13.9. The van der Waals surface area contributed by atoms with Gasteiger partial charge in [-0.05, 0) is 25.6 Å². The molecule has 1 N–H and O–H groups in total. The molecule has 0 bridgehead atoms. The predicted octanol–water partition coefficient (Wildman–Crippen LogP) is 2.01. The number of aromatic nitrogens is 2. The molecule has 3 rings (SSSR count). The van der Waals surface area contributed by atoms with Crippen molar-refractivity contribution in [1.82, 2.24) is 14.9 Å². The molecular formula is C14H15F2N3O2. The van der Waals surface area contributed by atoms with Crippen LogP contribution in [0.3, 0.4) is 0 Å². The second kappa shape index (κ2) is 4.77. The molecule has 2 aromatic heterocycles. The molecule has 0 spiro atoms. The molecule has 1 aliphatic heterocycles. The van der Waals surface area contributed by atoms with Crippen molar-refractivity contribution in [3.8, 4) is 5.88 Å². The zero-order valence-electron chi connectivity index (χ0n) is 11.7. The molecule has 1 aliphatic rings. The average Bonchev–Trinajstić information content (AvgIpc) is 2.90. The van der Waals surface area contributed by atoms with E-state index in [0.717, 1.165) is 5.56 Å². The van der Waals surface area contributed by atoms with Crippen molar-refractivity contribution in [3.05, 3.63) is 23.4 Å². The lowest BCUT2D eigenvalue weighted by atomic mass is 10.2. The van der Waals surface area contributed by atoms with Crippen LogP contribution in [0.15, 0.2) is 12.1 Å². The van der Waals surface area contributed by atoms with E-state index in [1.165, 1.54) is 4.90 Å². The molecule has 1 atom stereocenters. The number of halogens is 2. The van der Waals surface area contributed by atoms with Crippen LogP contribution in [0.5, 0.6) is 5.88 Å². The monoisotopic (exact) mass is 295 g/mol. The third-order valence-corrected chi connectivity index (χ3v) is 3.60. The van der Waals surface area contributed by atoms with Crippen LogP contribution in [-0.2, 0) is 0 Å². The van der Waals surface area contributed by atoms with Crippen LogP contribution in [0.2, 0.25) is 0 Å². The normalized spacial score (nSPS) is 21.8. The Hall–Kier alpha value is -2.02. The third-order valence-electron chi connectivity index (χ3n) is 3.60. The number of nitrogens with one attached hydrogen (secondary N) is 1. The van der Waals surface area contributed by atoms with Crippen LogP contribution in [0, 0.1) is 6.92 Å². The standard InChI is InChI=1S/C14H15F2N3O2/c1-8-3-12(18-10-4-9(6-20)17-13(8)10)21-11-5-19(2)7-14(11,15)16/h3-4,6,11,17H,5,7H2,1-2H3/t11-/m0/s1. The average molecular weight is 295 g/mol. The highest BCUT2D eigenvalue weighted by molar-refractivity contribution is 5.87. The summed E-state index contributed by atoms with van der Waals surface area (Å²) in [6.45, 7) is 1.64. The Morgan fingerprint density at radius 1 is 1.52 bits per heavy atom. The molecule has 0 unspecified atom stereocenters. The highest BCUT2D eigenvalue weighted by atomic mass is 19.3. The number of pyridine rings is 1. The summed E-state index contributed by atoms with van der Waals surface area (Å²) in [6.07, 6.45) is -0.529. The Balaban J connectivity index is 1.92. The number of rotatable bonds is 3. The molecule has 0 aromatic carbocycles. The minimum Gasteiger partial charge on any atom is -0.466 e. The number of hydrogen-bond acceptors (Lipinski definition) is 4. The van der Waals surface area contributed by atoms with E-state index >= 15 is 0 Å². The van der Waals surface area contributed by atoms with Crippen molar-refractivity contribution >= 4 is 17.3 Å². The number of aromatic amines is 1. The van der Waals surface area contributed by atoms with E-state index in [1.807, 2.05) is 0 Å². The van der Waals surface area contributed by atoms with Crippen LogP contribution in [0.4, 0.5) is 8.78 Å². The van der Waals surface area contributed by atoms with Gasteiger partial charge >= 0.3 is 0 Å². The number of likely N-dealkylation sites (tertiary alicyclic amines) is 1. The van der Waals surface area contributed by atoms with E-state index in [9.17, 15) is 13.6 Å². The number of alkyl halides is 2. The molecule has 0 saturated carbocycles. The van der Waals surface area contributed by atoms with E-state index in [4.69, 9.17) is 4.74 Å². The lowest BCUT2D eigenvalue weighted by molar-refractivity contribution is -0.0628. The molecule has 112 valence electrons. The van der Waals surface area contributed by atoms with Crippen molar-refractivity contribution < 1.29 is 18.3 Å². The maximum Gasteiger partial charge on any atom is 0.297 e. The van der Waals surface area contributed by atoms with E-state index in [-0.39, 0.29) is 19.0 Å². The number of hydrogen-bond donors (Lipinski definition) is 1. The molecule has 0 amide bonds. The first-order valence-corrected chi connectivity index (χ1v) is 6.57. The van der Waals surface area contributed by atoms with Gasteiger partial charge in [0.25, 0.3) is 5.92 Å². The molecule has 7 heteroatoms. The Kier molecular flexibility index (Phi) is 3.16. The number of nitrogens with zero attached hydrogens (tertiary/aromatic N) is 2. The third kappa shape index (κ3) is 2.49. The second-order valence-electron chi connectivity index (χ2n) is 5.44. The summed E-state index contributed by atoms with van der Waals surface area (Å²) in [7, 11) is 1.63. The van der Waals surface area contributed by atoms with Crippen LogP contribution in [0.1, 0.15) is 16.1 Å². The molecule has 21 heavy (non-hydrogen) atoms. The Bertz CT molecular complexity index is 699. The SMILES string of the molecule is Cc1cc(O[C@H]2CN(C)CC2(F)F)nc2cc(C=O)[nH]c12. The van der Waals surface area contributed by atoms with E-state index < -0.39 is 12.0 Å². The highest BCUT2D eigenvalue weighted by Crippen LogP contribution is 2.31. The van der Waals surface area contributed by atoms with Gasteiger partial charge in [-0.2, -0.15) is 0 Å². The van der Waals surface area contributed by atoms with E-state index in [2.05, 4.69) is 9.97 Å². The van der Waals surface area contributed by atoms with Crippen molar-refractivity contribution in [2.75, 3.05) is 20.1 Å². The minimum atomic E-state index is -2.90. The summed E-state index contributed by atoms with van der Waals surface area (Å²) >= 11 is 0. The molecule has 0 radical (unpaired) electrons. The number of carbonyl (C=O) groups is 1. The van der Waals surface area contributed by atoms with Crippen LogP contribution < -0.4 is 4.74 Å². The van der Waals surface area contributed by atoms with Crippen molar-refractivity contribution in [2.45, 2.75) is 19.0 Å². The van der Waals surface area contributed by atoms with Crippen molar-refractivity contribution in [1.29, 1.82) is 0 Å². The Labute approximate surface area is 119 Å². The first-order valence-electron chi connectivity index (χ1n) is 6.57. The van der Waals surface area contributed by atoms with Gasteiger partial charge in [0.15, 0.2) is 12.4 Å². The number of likely N-dealkylation sites (N-methyl/N-ethyl adjacent to an activating group) is 1. The highest BCUT2D eigenvalue weighted by Gasteiger charge is 2.48. The topological polar surface area (TPSA) is 58.2 Å². The zero-order chi connectivity index (χ0) is 15.2. The van der Waals surface area contributed by atoms with Crippen molar-refractivity contribution in [3.63, 3.8) is 0 Å². The number of ether oxygens (including phenoxy) is 1. The summed E-state index contributed by atoms with van der Waals surface area (Å²) in [5.41, 5.74) is 2.42. The fraction of sp³-hybridized carbons (Fsp3) is 0.429. The fourth-order valence-electron chi connectivity index (χ4n) is 2.60. The largest absolute Gasteiger partial charge is 0.466 e. The fourth-order valence-corrected chi connectivity index (χ4v) is 2.60. The smallest absolute Gasteiger partial charge is 0.297 e. The number of carbonyl (C=O) groups excluding carboxylic acids is 1. The van der Waals surface area contributed by atoms with Gasteiger partial charge in [0.2, 0.25) is 5.88 Å². The van der Waals surface area contributed by atoms with Gasteiger partial charge < -0.3 is 9.72 Å². The van der Waals surface area contributed by atoms with Gasteiger partial charge in [-0.1, -0.05) is 0 Å². The second-order valence-corrected chi connectivity index (χ2v) is 5.44. The van der Waals surface area contributed by atoms with Gasteiger partial charge in [0.05, 0.1) is 23.3 Å².